The summed E-state index contributed by atoms with van der Waals surface area (Å²) in [6.07, 6.45) is 1.42. The van der Waals surface area contributed by atoms with E-state index in [4.69, 9.17) is 16.3 Å². The molecule has 0 amide bonds. The molecule has 5 nitrogen and oxygen atoms in total. The van der Waals surface area contributed by atoms with Gasteiger partial charge >= 0.3 is 0 Å². The van der Waals surface area contributed by atoms with Crippen LogP contribution in [0.15, 0.2) is 30.6 Å². The molecule has 0 N–H and O–H groups in total. The van der Waals surface area contributed by atoms with Gasteiger partial charge in [-0.3, -0.25) is 0 Å². The lowest BCUT2D eigenvalue weighted by atomic mass is 10.2. The van der Waals surface area contributed by atoms with Crippen LogP contribution in [-0.2, 0) is 12.4 Å². The first-order valence-corrected chi connectivity index (χ1v) is 6.81. The van der Waals surface area contributed by atoms with Crippen LogP contribution in [0.25, 0.3) is 11.2 Å². The predicted octanol–water partition coefficient (Wildman–Crippen LogP) is 2.76. The van der Waals surface area contributed by atoms with E-state index < -0.39 is 0 Å². The normalized spacial score (nSPS) is 11.0. The number of alkyl halides is 1. The molecule has 7 heteroatoms. The molecule has 0 unspecified atom stereocenters. The first-order chi connectivity index (χ1) is 10.2. The predicted molar refractivity (Wildman–Crippen MR) is 76.9 cm³/mol. The van der Waals surface area contributed by atoms with Crippen LogP contribution >= 0.6 is 11.6 Å². The third-order valence-electron chi connectivity index (χ3n) is 3.14. The summed E-state index contributed by atoms with van der Waals surface area (Å²) in [5.41, 5.74) is 2.14. The SMILES string of the molecule is COc1ncnc2c1nc(CCl)n2Cc1ccc(F)cc1. The van der Waals surface area contributed by atoms with Gasteiger partial charge in [0.15, 0.2) is 11.2 Å². The lowest BCUT2D eigenvalue weighted by Crippen LogP contribution is -2.05. The van der Waals surface area contributed by atoms with Crippen molar-refractivity contribution >= 4 is 22.8 Å². The fraction of sp³-hybridized carbons (Fsp3) is 0.214. The highest BCUT2D eigenvalue weighted by Crippen LogP contribution is 2.23. The van der Waals surface area contributed by atoms with Crippen LogP contribution in [0.5, 0.6) is 5.88 Å². The molecular weight excluding hydrogens is 295 g/mol. The van der Waals surface area contributed by atoms with Gasteiger partial charge in [0, 0.05) is 0 Å². The number of aromatic nitrogens is 4. The number of halogens is 2. The number of rotatable bonds is 4. The quantitative estimate of drug-likeness (QED) is 0.696. The second-order valence-corrected chi connectivity index (χ2v) is 4.70. The fourth-order valence-electron chi connectivity index (χ4n) is 2.15. The number of benzene rings is 1. The number of nitrogens with zero attached hydrogens (tertiary/aromatic N) is 4. The van der Waals surface area contributed by atoms with Crippen LogP contribution in [0.3, 0.4) is 0 Å². The van der Waals surface area contributed by atoms with Crippen molar-refractivity contribution < 1.29 is 9.13 Å². The van der Waals surface area contributed by atoms with Crippen LogP contribution in [0.4, 0.5) is 4.39 Å². The van der Waals surface area contributed by atoms with E-state index in [1.165, 1.54) is 25.6 Å². The molecule has 0 aliphatic rings. The number of ether oxygens (including phenoxy) is 1. The smallest absolute Gasteiger partial charge is 0.245 e. The molecule has 0 aliphatic carbocycles. The second-order valence-electron chi connectivity index (χ2n) is 4.43. The Bertz CT molecular complexity index is 772. The van der Waals surface area contributed by atoms with Gasteiger partial charge in [0.25, 0.3) is 0 Å². The van der Waals surface area contributed by atoms with Crippen LogP contribution in [0.2, 0.25) is 0 Å². The van der Waals surface area contributed by atoms with Crippen LogP contribution in [-0.4, -0.2) is 26.6 Å². The molecule has 21 heavy (non-hydrogen) atoms. The maximum Gasteiger partial charge on any atom is 0.245 e. The van der Waals surface area contributed by atoms with E-state index in [9.17, 15) is 4.39 Å². The molecule has 108 valence electrons. The zero-order chi connectivity index (χ0) is 14.8. The standard InChI is InChI=1S/C14H12ClFN4O/c1-21-14-12-13(17-8-18-14)20(11(6-15)19-12)7-9-2-4-10(16)5-3-9/h2-5,8H,6-7H2,1H3. The second kappa shape index (κ2) is 5.65. The van der Waals surface area contributed by atoms with E-state index in [0.717, 1.165) is 5.56 Å². The van der Waals surface area contributed by atoms with Crippen molar-refractivity contribution in [3.8, 4) is 5.88 Å². The van der Waals surface area contributed by atoms with E-state index in [-0.39, 0.29) is 11.7 Å². The first kappa shape index (κ1) is 13.8. The van der Waals surface area contributed by atoms with Crippen molar-refractivity contribution in [1.29, 1.82) is 0 Å². The molecule has 0 saturated carbocycles. The summed E-state index contributed by atoms with van der Waals surface area (Å²) < 4.78 is 20.0. The molecule has 0 atom stereocenters. The van der Waals surface area contributed by atoms with Crippen molar-refractivity contribution in [3.05, 3.63) is 47.8 Å². The van der Waals surface area contributed by atoms with Crippen molar-refractivity contribution in [2.75, 3.05) is 7.11 Å². The average molecular weight is 307 g/mol. The number of fused-ring (bicyclic) bond motifs is 1. The van der Waals surface area contributed by atoms with Crippen molar-refractivity contribution in [2.24, 2.45) is 0 Å². The summed E-state index contributed by atoms with van der Waals surface area (Å²) in [4.78, 5) is 12.7. The first-order valence-electron chi connectivity index (χ1n) is 6.27. The highest BCUT2D eigenvalue weighted by molar-refractivity contribution is 6.16. The minimum Gasteiger partial charge on any atom is -0.479 e. The highest BCUT2D eigenvalue weighted by atomic mass is 35.5. The fourth-order valence-corrected chi connectivity index (χ4v) is 2.35. The van der Waals surface area contributed by atoms with E-state index in [1.54, 1.807) is 12.1 Å². The van der Waals surface area contributed by atoms with E-state index >= 15 is 0 Å². The highest BCUT2D eigenvalue weighted by Gasteiger charge is 2.15. The Kier molecular flexibility index (Phi) is 3.70. The summed E-state index contributed by atoms with van der Waals surface area (Å²) in [6, 6.07) is 6.28. The van der Waals surface area contributed by atoms with Crippen molar-refractivity contribution in [1.82, 2.24) is 19.5 Å². The zero-order valence-corrected chi connectivity index (χ0v) is 12.0. The van der Waals surface area contributed by atoms with Gasteiger partial charge in [0.2, 0.25) is 5.88 Å². The molecule has 3 rings (SSSR count). The number of methoxy groups -OCH3 is 1. The van der Waals surface area contributed by atoms with E-state index in [0.29, 0.717) is 29.4 Å². The Morgan fingerprint density at radius 2 is 2.00 bits per heavy atom. The van der Waals surface area contributed by atoms with Crippen molar-refractivity contribution in [2.45, 2.75) is 12.4 Å². The largest absolute Gasteiger partial charge is 0.479 e. The van der Waals surface area contributed by atoms with E-state index in [1.807, 2.05) is 4.57 Å². The number of hydrogen-bond acceptors (Lipinski definition) is 4. The topological polar surface area (TPSA) is 52.8 Å². The van der Waals surface area contributed by atoms with Crippen LogP contribution in [0.1, 0.15) is 11.4 Å². The third-order valence-corrected chi connectivity index (χ3v) is 3.38. The molecule has 0 radical (unpaired) electrons. The van der Waals surface area contributed by atoms with Gasteiger partial charge < -0.3 is 9.30 Å². The molecule has 0 fully saturated rings. The number of hydrogen-bond donors (Lipinski definition) is 0. The summed E-state index contributed by atoms with van der Waals surface area (Å²) in [7, 11) is 1.53. The number of imidazole rings is 1. The van der Waals surface area contributed by atoms with Crippen molar-refractivity contribution in [3.63, 3.8) is 0 Å². The molecule has 3 aromatic rings. The maximum atomic E-state index is 13.0. The summed E-state index contributed by atoms with van der Waals surface area (Å²) in [5.74, 6) is 1.04. The van der Waals surface area contributed by atoms with Crippen LogP contribution in [0, 0.1) is 5.82 Å². The molecule has 0 spiro atoms. The molecule has 1 aromatic carbocycles. The summed E-state index contributed by atoms with van der Waals surface area (Å²) >= 11 is 5.96. The Morgan fingerprint density at radius 3 is 2.67 bits per heavy atom. The van der Waals surface area contributed by atoms with Gasteiger partial charge in [-0.25, -0.2) is 14.4 Å². The maximum absolute atomic E-state index is 13.0. The van der Waals surface area contributed by atoms with Gasteiger partial charge in [0.1, 0.15) is 18.0 Å². The van der Waals surface area contributed by atoms with Crippen LogP contribution < -0.4 is 4.74 Å². The molecule has 0 aliphatic heterocycles. The molecular formula is C14H12ClFN4O. The van der Waals surface area contributed by atoms with Gasteiger partial charge in [-0.15, -0.1) is 11.6 Å². The Morgan fingerprint density at radius 1 is 1.24 bits per heavy atom. The Hall–Kier alpha value is -2.21. The summed E-state index contributed by atoms with van der Waals surface area (Å²) in [6.45, 7) is 0.499. The van der Waals surface area contributed by atoms with Gasteiger partial charge in [-0.1, -0.05) is 12.1 Å². The lowest BCUT2D eigenvalue weighted by Gasteiger charge is -2.07. The molecule has 2 aromatic heterocycles. The monoisotopic (exact) mass is 306 g/mol. The lowest BCUT2D eigenvalue weighted by molar-refractivity contribution is 0.401. The van der Waals surface area contributed by atoms with Gasteiger partial charge in [0.05, 0.1) is 19.5 Å². The van der Waals surface area contributed by atoms with E-state index in [2.05, 4.69) is 15.0 Å². The van der Waals surface area contributed by atoms with Gasteiger partial charge in [-0.2, -0.15) is 4.98 Å². The Balaban J connectivity index is 2.10. The molecule has 0 bridgehead atoms. The Labute approximate surface area is 125 Å². The minimum atomic E-state index is -0.268. The average Bonchev–Trinajstić information content (AvgIpc) is 2.87. The summed E-state index contributed by atoms with van der Waals surface area (Å²) in [5, 5.41) is 0. The molecule has 0 saturated heterocycles. The van der Waals surface area contributed by atoms with Gasteiger partial charge in [-0.05, 0) is 17.7 Å². The third kappa shape index (κ3) is 2.54. The minimum absolute atomic E-state index is 0.237. The molecule has 2 heterocycles. The zero-order valence-electron chi connectivity index (χ0n) is 11.3.